The number of fused-ring (bicyclic) bond motifs is 2. The van der Waals surface area contributed by atoms with Gasteiger partial charge in [-0.3, -0.25) is 23.6 Å². The monoisotopic (exact) mass is 525 g/mol. The molecule has 13 heteroatoms. The van der Waals surface area contributed by atoms with Gasteiger partial charge in [0.25, 0.3) is 5.56 Å². The number of aryl methyl sites for hydroxylation is 2. The molecular formula is C21H25Cl2N7O3S. The average molecular weight is 526 g/mol. The summed E-state index contributed by atoms with van der Waals surface area (Å²) in [5.41, 5.74) is 1.21. The molecule has 0 atom stereocenters. The van der Waals surface area contributed by atoms with Gasteiger partial charge in [0.2, 0.25) is 5.91 Å². The van der Waals surface area contributed by atoms with E-state index in [2.05, 4.69) is 4.98 Å². The molecule has 182 valence electrons. The van der Waals surface area contributed by atoms with Crippen molar-refractivity contribution in [3.8, 4) is 0 Å². The van der Waals surface area contributed by atoms with Crippen LogP contribution in [0.4, 0.5) is 5.13 Å². The van der Waals surface area contributed by atoms with Gasteiger partial charge in [0.1, 0.15) is 6.54 Å². The summed E-state index contributed by atoms with van der Waals surface area (Å²) in [5, 5.41) is 1.18. The van der Waals surface area contributed by atoms with Crippen molar-refractivity contribution in [1.29, 1.82) is 0 Å². The topological polar surface area (TPSA) is 98.3 Å². The first-order valence-electron chi connectivity index (χ1n) is 10.2. The van der Waals surface area contributed by atoms with Crippen LogP contribution in [0.2, 0.25) is 5.02 Å². The van der Waals surface area contributed by atoms with Crippen molar-refractivity contribution >= 4 is 67.8 Å². The van der Waals surface area contributed by atoms with E-state index in [1.807, 2.05) is 38.1 Å². The zero-order chi connectivity index (χ0) is 24.0. The van der Waals surface area contributed by atoms with Crippen LogP contribution in [0.5, 0.6) is 0 Å². The molecule has 0 radical (unpaired) electrons. The van der Waals surface area contributed by atoms with E-state index in [0.29, 0.717) is 23.2 Å². The molecule has 0 unspecified atom stereocenters. The van der Waals surface area contributed by atoms with E-state index in [4.69, 9.17) is 16.6 Å². The van der Waals surface area contributed by atoms with Gasteiger partial charge < -0.3 is 9.47 Å². The molecule has 3 aromatic heterocycles. The molecule has 0 aliphatic rings. The van der Waals surface area contributed by atoms with Crippen molar-refractivity contribution in [1.82, 2.24) is 28.6 Å². The van der Waals surface area contributed by atoms with Gasteiger partial charge in [0.15, 0.2) is 16.3 Å². The Morgan fingerprint density at radius 1 is 1.15 bits per heavy atom. The number of rotatable bonds is 6. The van der Waals surface area contributed by atoms with E-state index >= 15 is 0 Å². The van der Waals surface area contributed by atoms with Crippen LogP contribution in [0.15, 0.2) is 28.0 Å². The van der Waals surface area contributed by atoms with Crippen LogP contribution in [-0.2, 0) is 25.4 Å². The highest BCUT2D eigenvalue weighted by molar-refractivity contribution is 7.22. The fraction of sp³-hybridized carbons (Fsp3) is 0.381. The number of benzene rings is 1. The molecule has 0 fully saturated rings. The van der Waals surface area contributed by atoms with E-state index in [0.717, 1.165) is 20.3 Å². The van der Waals surface area contributed by atoms with Crippen LogP contribution in [-0.4, -0.2) is 61.7 Å². The molecule has 0 aliphatic carbocycles. The number of aromatic nitrogens is 5. The minimum absolute atomic E-state index is 0. The Bertz CT molecular complexity index is 1500. The van der Waals surface area contributed by atoms with Gasteiger partial charge in [0, 0.05) is 32.2 Å². The Kier molecular flexibility index (Phi) is 7.51. The predicted octanol–water partition coefficient (Wildman–Crippen LogP) is 2.02. The van der Waals surface area contributed by atoms with E-state index < -0.39 is 11.2 Å². The van der Waals surface area contributed by atoms with Crippen LogP contribution in [0.3, 0.4) is 0 Å². The molecule has 0 saturated heterocycles. The standard InChI is InChI=1S/C21H24ClN7O3S.ClH/c1-12-8-13(22)9-14-16(12)24-20(33-14)29(7-6-25(2)3)15(30)10-28-11-23-18-17(28)19(31)27(5)21(32)26(18)4;/h8-9,11H,6-7,10H2,1-5H3;1H. The first-order valence-corrected chi connectivity index (χ1v) is 11.4. The highest BCUT2D eigenvalue weighted by Crippen LogP contribution is 2.33. The van der Waals surface area contributed by atoms with Crippen molar-refractivity contribution in [3.63, 3.8) is 0 Å². The number of amides is 1. The summed E-state index contributed by atoms with van der Waals surface area (Å²) < 4.78 is 4.68. The van der Waals surface area contributed by atoms with Crippen LogP contribution in [0.1, 0.15) is 5.56 Å². The molecule has 1 aromatic carbocycles. The Balaban J connectivity index is 0.00000324. The Morgan fingerprint density at radius 3 is 2.53 bits per heavy atom. The lowest BCUT2D eigenvalue weighted by Crippen LogP contribution is -2.40. The van der Waals surface area contributed by atoms with Gasteiger partial charge in [-0.05, 0) is 38.7 Å². The summed E-state index contributed by atoms with van der Waals surface area (Å²) in [6.45, 7) is 2.86. The number of carbonyl (C=O) groups is 1. The highest BCUT2D eigenvalue weighted by Gasteiger charge is 2.23. The van der Waals surface area contributed by atoms with E-state index in [1.165, 1.54) is 33.8 Å². The fourth-order valence-corrected chi connectivity index (χ4v) is 5.10. The minimum atomic E-state index is -0.497. The first-order chi connectivity index (χ1) is 15.6. The van der Waals surface area contributed by atoms with E-state index in [1.54, 1.807) is 11.9 Å². The summed E-state index contributed by atoms with van der Waals surface area (Å²) in [4.78, 5) is 50.9. The SMILES string of the molecule is Cc1cc(Cl)cc2sc(N(CCN(C)C)C(=O)Cn3cnc4c3c(=O)n(C)c(=O)n4C)nc12.Cl. The number of nitrogens with zero attached hydrogens (tertiary/aromatic N) is 7. The summed E-state index contributed by atoms with van der Waals surface area (Å²) in [6, 6.07) is 3.68. The largest absolute Gasteiger partial charge is 0.332 e. The molecule has 0 N–H and O–H groups in total. The average Bonchev–Trinajstić information content (AvgIpc) is 3.35. The van der Waals surface area contributed by atoms with Crippen molar-refractivity contribution in [3.05, 3.63) is 49.9 Å². The molecule has 0 aliphatic heterocycles. The molecule has 0 saturated carbocycles. The second-order valence-electron chi connectivity index (χ2n) is 8.16. The van der Waals surface area contributed by atoms with Gasteiger partial charge in [0.05, 0.1) is 16.5 Å². The minimum Gasteiger partial charge on any atom is -0.315 e. The predicted molar refractivity (Wildman–Crippen MR) is 138 cm³/mol. The van der Waals surface area contributed by atoms with Gasteiger partial charge in [-0.15, -0.1) is 12.4 Å². The Hall–Kier alpha value is -2.73. The number of hydrogen-bond acceptors (Lipinski definition) is 7. The molecule has 1 amide bonds. The summed E-state index contributed by atoms with van der Waals surface area (Å²) in [5.74, 6) is -0.241. The molecular weight excluding hydrogens is 501 g/mol. The quantitative estimate of drug-likeness (QED) is 0.382. The molecule has 4 aromatic rings. The number of hydrogen-bond donors (Lipinski definition) is 0. The van der Waals surface area contributed by atoms with Gasteiger partial charge >= 0.3 is 5.69 Å². The number of imidazole rings is 1. The highest BCUT2D eigenvalue weighted by atomic mass is 35.5. The van der Waals surface area contributed by atoms with Crippen molar-refractivity contribution < 1.29 is 4.79 Å². The maximum Gasteiger partial charge on any atom is 0.332 e. The summed E-state index contributed by atoms with van der Waals surface area (Å²) in [6.07, 6.45) is 1.41. The van der Waals surface area contributed by atoms with Crippen LogP contribution in [0, 0.1) is 6.92 Å². The second-order valence-corrected chi connectivity index (χ2v) is 9.61. The lowest BCUT2D eigenvalue weighted by Gasteiger charge is -2.22. The van der Waals surface area contributed by atoms with Crippen LogP contribution in [0.25, 0.3) is 21.4 Å². The first kappa shape index (κ1) is 25.9. The van der Waals surface area contributed by atoms with E-state index in [9.17, 15) is 14.4 Å². The van der Waals surface area contributed by atoms with Gasteiger partial charge in [-0.1, -0.05) is 22.9 Å². The normalized spacial score (nSPS) is 11.4. The molecule has 0 spiro atoms. The van der Waals surface area contributed by atoms with Crippen molar-refractivity contribution in [2.45, 2.75) is 13.5 Å². The fourth-order valence-electron chi connectivity index (χ4n) is 3.63. The lowest BCUT2D eigenvalue weighted by atomic mass is 10.2. The number of thiazole rings is 1. The summed E-state index contributed by atoms with van der Waals surface area (Å²) in [7, 11) is 6.81. The number of anilines is 1. The zero-order valence-electron chi connectivity index (χ0n) is 19.4. The number of likely N-dealkylation sites (N-methyl/N-ethyl adjacent to an activating group) is 1. The van der Waals surface area contributed by atoms with Crippen molar-refractivity contribution in [2.75, 3.05) is 32.1 Å². The lowest BCUT2D eigenvalue weighted by molar-refractivity contribution is -0.119. The maximum atomic E-state index is 13.5. The van der Waals surface area contributed by atoms with E-state index in [-0.39, 0.29) is 36.0 Å². The van der Waals surface area contributed by atoms with Crippen LogP contribution >= 0.6 is 35.3 Å². The summed E-state index contributed by atoms with van der Waals surface area (Å²) >= 11 is 7.60. The van der Waals surface area contributed by atoms with Gasteiger partial charge in [-0.25, -0.2) is 14.8 Å². The zero-order valence-corrected chi connectivity index (χ0v) is 21.8. The smallest absolute Gasteiger partial charge is 0.315 e. The third-order valence-corrected chi connectivity index (χ3v) is 6.71. The Labute approximate surface area is 210 Å². The molecule has 34 heavy (non-hydrogen) atoms. The maximum absolute atomic E-state index is 13.5. The number of carbonyl (C=O) groups excluding carboxylic acids is 1. The van der Waals surface area contributed by atoms with Crippen LogP contribution < -0.4 is 16.1 Å². The Morgan fingerprint density at radius 2 is 1.85 bits per heavy atom. The molecule has 10 nitrogen and oxygen atoms in total. The second kappa shape index (κ2) is 9.87. The molecule has 0 bridgehead atoms. The third-order valence-electron chi connectivity index (χ3n) is 5.46. The third kappa shape index (κ3) is 4.61. The molecule has 3 heterocycles. The van der Waals surface area contributed by atoms with Gasteiger partial charge in [-0.2, -0.15) is 0 Å². The number of halogens is 2. The van der Waals surface area contributed by atoms with Crippen molar-refractivity contribution in [2.24, 2.45) is 14.1 Å². The molecule has 4 rings (SSSR count).